The highest BCUT2D eigenvalue weighted by atomic mass is 35.5. The monoisotopic (exact) mass is 375 g/mol. The lowest BCUT2D eigenvalue weighted by atomic mass is 10.2. The van der Waals surface area contributed by atoms with Gasteiger partial charge in [-0.2, -0.15) is 0 Å². The van der Waals surface area contributed by atoms with Gasteiger partial charge < -0.3 is 4.57 Å². The molecule has 3 aromatic rings. The highest BCUT2D eigenvalue weighted by Gasteiger charge is 2.17. The number of carbonyl (C=O) groups is 1. The SMILES string of the molecule is Cc1cc(C(=O)CSc2ncccn2)c(C)n1-c1ccc(F)c(Cl)c1. The van der Waals surface area contributed by atoms with Crippen molar-refractivity contribution in [3.63, 3.8) is 0 Å². The van der Waals surface area contributed by atoms with Gasteiger partial charge in [0, 0.05) is 35.0 Å². The van der Waals surface area contributed by atoms with E-state index in [-0.39, 0.29) is 16.6 Å². The Kier molecular flexibility index (Phi) is 5.20. The van der Waals surface area contributed by atoms with Gasteiger partial charge in [-0.1, -0.05) is 23.4 Å². The minimum absolute atomic E-state index is 0.00925. The molecule has 0 aliphatic carbocycles. The zero-order chi connectivity index (χ0) is 18.0. The smallest absolute Gasteiger partial charge is 0.187 e. The number of Topliss-reactive ketones (excluding diaryl/α,β-unsaturated/α-hetero) is 1. The van der Waals surface area contributed by atoms with Crippen molar-refractivity contribution in [1.29, 1.82) is 0 Å². The predicted octanol–water partition coefficient (Wildman–Crippen LogP) is 4.65. The van der Waals surface area contributed by atoms with Crippen LogP contribution in [-0.2, 0) is 0 Å². The molecule has 0 spiro atoms. The molecule has 2 heterocycles. The highest BCUT2D eigenvalue weighted by molar-refractivity contribution is 7.99. The zero-order valence-electron chi connectivity index (χ0n) is 13.7. The van der Waals surface area contributed by atoms with Crippen LogP contribution >= 0.6 is 23.4 Å². The molecule has 0 saturated heterocycles. The van der Waals surface area contributed by atoms with Crippen LogP contribution in [0.3, 0.4) is 0 Å². The number of nitrogens with zero attached hydrogens (tertiary/aromatic N) is 3. The van der Waals surface area contributed by atoms with E-state index in [1.54, 1.807) is 30.6 Å². The van der Waals surface area contributed by atoms with Gasteiger partial charge >= 0.3 is 0 Å². The van der Waals surface area contributed by atoms with Gasteiger partial charge in [0.1, 0.15) is 5.82 Å². The molecule has 0 atom stereocenters. The van der Waals surface area contributed by atoms with Crippen molar-refractivity contribution in [2.24, 2.45) is 0 Å². The summed E-state index contributed by atoms with van der Waals surface area (Å²) in [5.41, 5.74) is 3.02. The van der Waals surface area contributed by atoms with Crippen molar-refractivity contribution in [3.05, 3.63) is 70.5 Å². The summed E-state index contributed by atoms with van der Waals surface area (Å²) >= 11 is 7.18. The summed E-state index contributed by atoms with van der Waals surface area (Å²) in [5.74, 6) is -0.230. The Balaban J connectivity index is 1.86. The number of thioether (sulfide) groups is 1. The van der Waals surface area contributed by atoms with Crippen LogP contribution < -0.4 is 0 Å². The van der Waals surface area contributed by atoms with Crippen molar-refractivity contribution in [1.82, 2.24) is 14.5 Å². The number of ketones is 1. The molecule has 1 aromatic carbocycles. The van der Waals surface area contributed by atoms with Crippen LogP contribution in [-0.4, -0.2) is 26.1 Å². The first-order chi connectivity index (χ1) is 12.0. The molecule has 0 amide bonds. The maximum atomic E-state index is 13.4. The number of benzene rings is 1. The lowest BCUT2D eigenvalue weighted by molar-refractivity contribution is 0.102. The Morgan fingerprint density at radius 2 is 1.96 bits per heavy atom. The summed E-state index contributed by atoms with van der Waals surface area (Å²) in [4.78, 5) is 20.8. The summed E-state index contributed by atoms with van der Waals surface area (Å²) < 4.78 is 15.3. The van der Waals surface area contributed by atoms with Crippen molar-refractivity contribution in [3.8, 4) is 5.69 Å². The van der Waals surface area contributed by atoms with Crippen molar-refractivity contribution < 1.29 is 9.18 Å². The minimum atomic E-state index is -0.469. The first-order valence-corrected chi connectivity index (χ1v) is 8.91. The van der Waals surface area contributed by atoms with E-state index in [9.17, 15) is 9.18 Å². The van der Waals surface area contributed by atoms with Gasteiger partial charge in [-0.3, -0.25) is 4.79 Å². The number of hydrogen-bond acceptors (Lipinski definition) is 4. The third kappa shape index (κ3) is 3.75. The molecule has 0 aliphatic heterocycles. The number of aromatic nitrogens is 3. The second-order valence-corrected chi connectivity index (χ2v) is 6.81. The average molecular weight is 376 g/mol. The lowest BCUT2D eigenvalue weighted by Gasteiger charge is -2.10. The van der Waals surface area contributed by atoms with Gasteiger partial charge in [-0.15, -0.1) is 0 Å². The number of carbonyl (C=O) groups excluding carboxylic acids is 1. The van der Waals surface area contributed by atoms with Crippen LogP contribution in [0.25, 0.3) is 5.69 Å². The van der Waals surface area contributed by atoms with E-state index in [2.05, 4.69) is 9.97 Å². The first-order valence-electron chi connectivity index (χ1n) is 7.54. The molecule has 7 heteroatoms. The van der Waals surface area contributed by atoms with E-state index in [4.69, 9.17) is 11.6 Å². The number of rotatable bonds is 5. The molecule has 25 heavy (non-hydrogen) atoms. The van der Waals surface area contributed by atoms with Crippen molar-refractivity contribution in [2.75, 3.05) is 5.75 Å². The van der Waals surface area contributed by atoms with Crippen LogP contribution in [0.15, 0.2) is 47.9 Å². The van der Waals surface area contributed by atoms with Gasteiger partial charge in [0.2, 0.25) is 0 Å². The molecule has 128 valence electrons. The van der Waals surface area contributed by atoms with E-state index in [1.807, 2.05) is 24.5 Å². The number of hydrogen-bond donors (Lipinski definition) is 0. The Labute approximate surface area is 154 Å². The Morgan fingerprint density at radius 3 is 2.64 bits per heavy atom. The van der Waals surface area contributed by atoms with Crippen molar-refractivity contribution in [2.45, 2.75) is 19.0 Å². The van der Waals surface area contributed by atoms with E-state index < -0.39 is 5.82 Å². The van der Waals surface area contributed by atoms with Crippen molar-refractivity contribution >= 4 is 29.1 Å². The maximum absolute atomic E-state index is 13.4. The standard InChI is InChI=1S/C18H15ClFN3OS/c1-11-8-14(17(24)10-25-18-21-6-3-7-22-18)12(2)23(11)13-4-5-16(20)15(19)9-13/h3-9H,10H2,1-2H3. The predicted molar refractivity (Wildman–Crippen MR) is 97.3 cm³/mol. The quantitative estimate of drug-likeness (QED) is 0.370. The third-order valence-corrected chi connectivity index (χ3v) is 4.93. The molecule has 0 bridgehead atoms. The van der Waals surface area contributed by atoms with Crippen LogP contribution in [0.4, 0.5) is 4.39 Å². The average Bonchev–Trinajstić information content (AvgIpc) is 2.91. The molecular formula is C18H15ClFN3OS. The number of aryl methyl sites for hydroxylation is 1. The van der Waals surface area contributed by atoms with E-state index >= 15 is 0 Å². The molecule has 0 N–H and O–H groups in total. The van der Waals surface area contributed by atoms with Crippen LogP contribution in [0.1, 0.15) is 21.7 Å². The summed E-state index contributed by atoms with van der Waals surface area (Å²) in [7, 11) is 0. The first kappa shape index (κ1) is 17.6. The zero-order valence-corrected chi connectivity index (χ0v) is 15.2. The maximum Gasteiger partial charge on any atom is 0.187 e. The molecule has 4 nitrogen and oxygen atoms in total. The van der Waals surface area contributed by atoms with E-state index in [0.29, 0.717) is 10.7 Å². The Morgan fingerprint density at radius 1 is 1.24 bits per heavy atom. The molecular weight excluding hydrogens is 361 g/mol. The second-order valence-electron chi connectivity index (χ2n) is 5.46. The molecule has 3 rings (SSSR count). The fraction of sp³-hybridized carbons (Fsp3) is 0.167. The van der Waals surface area contributed by atoms with E-state index in [1.165, 1.54) is 17.8 Å². The molecule has 0 saturated carbocycles. The molecule has 0 radical (unpaired) electrons. The molecule has 0 fully saturated rings. The van der Waals surface area contributed by atoms with Crippen LogP contribution in [0.5, 0.6) is 0 Å². The topological polar surface area (TPSA) is 47.8 Å². The summed E-state index contributed by atoms with van der Waals surface area (Å²) in [6.45, 7) is 3.76. The van der Waals surface area contributed by atoms with E-state index in [0.717, 1.165) is 17.1 Å². The van der Waals surface area contributed by atoms with Gasteiger partial charge in [0.25, 0.3) is 0 Å². The van der Waals surface area contributed by atoms with Gasteiger partial charge in [0.15, 0.2) is 10.9 Å². The summed E-state index contributed by atoms with van der Waals surface area (Å²) in [6, 6.07) is 8.08. The lowest BCUT2D eigenvalue weighted by Crippen LogP contribution is -2.06. The third-order valence-electron chi connectivity index (χ3n) is 3.77. The molecule has 2 aromatic heterocycles. The summed E-state index contributed by atoms with van der Waals surface area (Å²) in [5, 5.41) is 0.615. The molecule has 0 aliphatic rings. The second kappa shape index (κ2) is 7.37. The van der Waals surface area contributed by atoms with Gasteiger partial charge in [-0.05, 0) is 44.2 Å². The van der Waals surface area contributed by atoms with Crippen LogP contribution in [0.2, 0.25) is 5.02 Å². The Hall–Kier alpha value is -2.18. The van der Waals surface area contributed by atoms with Gasteiger partial charge in [-0.25, -0.2) is 14.4 Å². The number of halogens is 2. The fourth-order valence-electron chi connectivity index (χ4n) is 2.63. The normalized spacial score (nSPS) is 10.9. The largest absolute Gasteiger partial charge is 0.318 e. The molecule has 0 unspecified atom stereocenters. The highest BCUT2D eigenvalue weighted by Crippen LogP contribution is 2.26. The van der Waals surface area contributed by atoms with Crippen LogP contribution in [0, 0.1) is 19.7 Å². The summed E-state index contributed by atoms with van der Waals surface area (Å²) in [6.07, 6.45) is 3.29. The van der Waals surface area contributed by atoms with Gasteiger partial charge in [0.05, 0.1) is 10.8 Å². The Bertz CT molecular complexity index is 928. The fourth-order valence-corrected chi connectivity index (χ4v) is 3.50. The minimum Gasteiger partial charge on any atom is -0.318 e.